The number of hydrogen-bond donors (Lipinski definition) is 2. The number of aliphatic hydroxyl groups is 1. The molecule has 0 aromatic heterocycles. The third-order valence-electron chi connectivity index (χ3n) is 1.96. The maximum atomic E-state index is 9.22. The Hall–Kier alpha value is -0.750. The summed E-state index contributed by atoms with van der Waals surface area (Å²) in [5.74, 6) is 0.195. The van der Waals surface area contributed by atoms with Crippen LogP contribution >= 0.6 is 11.6 Å². The maximum absolute atomic E-state index is 9.22. The van der Waals surface area contributed by atoms with Crippen molar-refractivity contribution in [2.45, 2.75) is 6.42 Å². The first-order valence-electron chi connectivity index (χ1n) is 4.01. The van der Waals surface area contributed by atoms with E-state index >= 15 is 0 Å². The summed E-state index contributed by atoms with van der Waals surface area (Å²) in [6, 6.07) is -0.103. The van der Waals surface area contributed by atoms with E-state index in [0.29, 0.717) is 18.1 Å². The van der Waals surface area contributed by atoms with E-state index in [0.717, 1.165) is 6.42 Å². The van der Waals surface area contributed by atoms with E-state index in [-0.39, 0.29) is 18.6 Å². The van der Waals surface area contributed by atoms with Crippen molar-refractivity contribution in [3.05, 3.63) is 0 Å². The molecule has 1 aliphatic heterocycles. The number of hydrazine groups is 1. The van der Waals surface area contributed by atoms with Crippen molar-refractivity contribution in [2.75, 3.05) is 25.8 Å². The molecule has 1 atom stereocenters. The molecule has 1 rings (SSSR count). The van der Waals surface area contributed by atoms with Gasteiger partial charge in [0.15, 0.2) is 6.07 Å². The molecular formula is C6H13ClN3O3+. The second-order valence-corrected chi connectivity index (χ2v) is 3.06. The minimum atomic E-state index is -0.103. The molecule has 7 heteroatoms. The SMILES string of the molecule is OCC1CCN(/[N+](O)=N/OCCl)C1. The zero-order valence-corrected chi connectivity index (χ0v) is 7.89. The highest BCUT2D eigenvalue weighted by Crippen LogP contribution is 2.14. The van der Waals surface area contributed by atoms with Crippen LogP contribution in [-0.4, -0.2) is 46.1 Å². The summed E-state index contributed by atoms with van der Waals surface area (Å²) in [6.07, 6.45) is 0.837. The average molecular weight is 211 g/mol. The Labute approximate surface area is 80.9 Å². The van der Waals surface area contributed by atoms with E-state index in [1.165, 1.54) is 0 Å². The van der Waals surface area contributed by atoms with Gasteiger partial charge in [-0.15, -0.1) is 5.01 Å². The molecular weight excluding hydrogens is 198 g/mol. The van der Waals surface area contributed by atoms with E-state index in [4.69, 9.17) is 16.7 Å². The first kappa shape index (κ1) is 10.3. The van der Waals surface area contributed by atoms with Gasteiger partial charge in [-0.25, -0.2) is 5.21 Å². The van der Waals surface area contributed by atoms with Gasteiger partial charge in [0, 0.05) is 12.5 Å². The van der Waals surface area contributed by atoms with E-state index in [1.54, 1.807) is 5.01 Å². The fraction of sp³-hybridized carbons (Fsp3) is 1.00. The van der Waals surface area contributed by atoms with Crippen LogP contribution in [0.2, 0.25) is 0 Å². The summed E-state index contributed by atoms with van der Waals surface area (Å²) in [5.41, 5.74) is 0. The summed E-state index contributed by atoms with van der Waals surface area (Å²) in [6.45, 7) is 1.35. The Morgan fingerprint density at radius 3 is 3.00 bits per heavy atom. The highest BCUT2D eigenvalue weighted by molar-refractivity contribution is 6.17. The van der Waals surface area contributed by atoms with Crippen molar-refractivity contribution in [1.29, 1.82) is 0 Å². The van der Waals surface area contributed by atoms with Gasteiger partial charge >= 0.3 is 0 Å². The Bertz CT molecular complexity index is 190. The molecule has 76 valence electrons. The van der Waals surface area contributed by atoms with Crippen LogP contribution in [0.25, 0.3) is 0 Å². The lowest BCUT2D eigenvalue weighted by Gasteiger charge is -2.03. The molecule has 1 saturated heterocycles. The third-order valence-corrected chi connectivity index (χ3v) is 2.05. The minimum Gasteiger partial charge on any atom is -0.396 e. The Balaban J connectivity index is 2.36. The van der Waals surface area contributed by atoms with Gasteiger partial charge < -0.3 is 9.94 Å². The van der Waals surface area contributed by atoms with Gasteiger partial charge in [-0.3, -0.25) is 0 Å². The first-order chi connectivity index (χ1) is 6.27. The number of hydrogen-bond acceptors (Lipinski definition) is 3. The number of rotatable bonds is 4. The molecule has 2 N–H and O–H groups in total. The van der Waals surface area contributed by atoms with Crippen LogP contribution in [0.1, 0.15) is 6.42 Å². The topological polar surface area (TPSA) is 68.3 Å². The zero-order valence-electron chi connectivity index (χ0n) is 7.14. The summed E-state index contributed by atoms with van der Waals surface area (Å²) in [4.78, 5) is 5.06. The van der Waals surface area contributed by atoms with Crippen molar-refractivity contribution in [3.63, 3.8) is 0 Å². The Morgan fingerprint density at radius 2 is 2.46 bits per heavy atom. The van der Waals surface area contributed by atoms with Gasteiger partial charge in [-0.1, -0.05) is 11.6 Å². The summed E-state index contributed by atoms with van der Waals surface area (Å²) < 4.78 is 0. The van der Waals surface area contributed by atoms with Crippen molar-refractivity contribution in [3.8, 4) is 0 Å². The van der Waals surface area contributed by atoms with Gasteiger partial charge in [0.1, 0.15) is 0 Å². The largest absolute Gasteiger partial charge is 0.396 e. The number of nitrogens with zero attached hydrogens (tertiary/aromatic N) is 3. The molecule has 0 bridgehead atoms. The molecule has 1 fully saturated rings. The van der Waals surface area contributed by atoms with Crippen molar-refractivity contribution < 1.29 is 20.1 Å². The molecule has 1 aliphatic rings. The van der Waals surface area contributed by atoms with Crippen LogP contribution in [0.3, 0.4) is 0 Å². The summed E-state index contributed by atoms with van der Waals surface area (Å²) >= 11 is 5.20. The molecule has 1 heterocycles. The quantitative estimate of drug-likeness (QED) is 0.301. The second kappa shape index (κ2) is 5.08. The van der Waals surface area contributed by atoms with E-state index in [9.17, 15) is 5.21 Å². The monoisotopic (exact) mass is 210 g/mol. The number of halogens is 1. The molecule has 0 saturated carbocycles. The minimum absolute atomic E-state index is 0.103. The fourth-order valence-electron chi connectivity index (χ4n) is 1.25. The lowest BCUT2D eigenvalue weighted by molar-refractivity contribution is -0.939. The highest BCUT2D eigenvalue weighted by Gasteiger charge is 2.30. The zero-order chi connectivity index (χ0) is 9.68. The van der Waals surface area contributed by atoms with Crippen LogP contribution in [0, 0.1) is 5.92 Å². The molecule has 0 aromatic carbocycles. The number of aliphatic hydroxyl groups excluding tert-OH is 1. The predicted molar refractivity (Wildman–Crippen MR) is 43.0 cm³/mol. The normalized spacial score (nSPS) is 23.7. The molecule has 0 aromatic rings. The van der Waals surface area contributed by atoms with Gasteiger partial charge in [-0.2, -0.15) is 0 Å². The number of alkyl halides is 1. The van der Waals surface area contributed by atoms with Gasteiger partial charge in [0.2, 0.25) is 0 Å². The molecule has 6 nitrogen and oxygen atoms in total. The van der Waals surface area contributed by atoms with Gasteiger partial charge in [-0.05, 0) is 6.42 Å². The lowest BCUT2D eigenvalue weighted by atomic mass is 10.1. The van der Waals surface area contributed by atoms with Crippen LogP contribution < -0.4 is 0 Å². The van der Waals surface area contributed by atoms with E-state index in [1.807, 2.05) is 0 Å². The van der Waals surface area contributed by atoms with Crippen LogP contribution in [-0.2, 0) is 4.84 Å². The van der Waals surface area contributed by atoms with E-state index < -0.39 is 0 Å². The van der Waals surface area contributed by atoms with Crippen molar-refractivity contribution >= 4 is 11.6 Å². The van der Waals surface area contributed by atoms with Crippen molar-refractivity contribution in [2.24, 2.45) is 11.2 Å². The molecule has 0 radical (unpaired) electrons. The van der Waals surface area contributed by atoms with Crippen LogP contribution in [0.15, 0.2) is 5.28 Å². The lowest BCUT2D eigenvalue weighted by Crippen LogP contribution is -2.30. The standard InChI is InChI=1S/C6H13ClN3O3/c7-5-13-8-10(12)9-2-1-6(3-9)4-11/h6,11H,1-5H2,(H,8,12)/q+1. The fourth-order valence-corrected chi connectivity index (χ4v) is 1.29. The third kappa shape index (κ3) is 2.89. The molecule has 13 heavy (non-hydrogen) atoms. The molecule has 0 spiro atoms. The van der Waals surface area contributed by atoms with Gasteiger partial charge in [0.05, 0.1) is 13.1 Å². The predicted octanol–water partition coefficient (Wildman–Crippen LogP) is 0.197. The van der Waals surface area contributed by atoms with Crippen molar-refractivity contribution in [1.82, 2.24) is 5.01 Å². The maximum Gasteiger partial charge on any atom is 0.275 e. The Kier molecular flexibility index (Phi) is 4.04. The highest BCUT2D eigenvalue weighted by atomic mass is 35.5. The molecule has 0 aliphatic carbocycles. The summed E-state index contributed by atoms with van der Waals surface area (Å²) in [7, 11) is 0. The van der Waals surface area contributed by atoms with E-state index in [2.05, 4.69) is 10.1 Å². The first-order valence-corrected chi connectivity index (χ1v) is 4.55. The second-order valence-electron chi connectivity index (χ2n) is 2.84. The molecule has 1 unspecified atom stereocenters. The Morgan fingerprint density at radius 1 is 1.69 bits per heavy atom. The smallest absolute Gasteiger partial charge is 0.275 e. The van der Waals surface area contributed by atoms with Crippen LogP contribution in [0.5, 0.6) is 0 Å². The van der Waals surface area contributed by atoms with Gasteiger partial charge in [0.25, 0.3) is 10.2 Å². The summed E-state index contributed by atoms with van der Waals surface area (Å²) in [5, 5.41) is 22.9. The average Bonchev–Trinajstić information content (AvgIpc) is 2.62. The molecule has 0 amide bonds. The van der Waals surface area contributed by atoms with Crippen LogP contribution in [0.4, 0.5) is 0 Å².